The number of ether oxygens (including phenoxy) is 1. The first kappa shape index (κ1) is 13.9. The minimum absolute atomic E-state index is 0.0699. The summed E-state index contributed by atoms with van der Waals surface area (Å²) in [6, 6.07) is 0. The summed E-state index contributed by atoms with van der Waals surface area (Å²) in [7, 11) is 0. The monoisotopic (exact) mass is 228 g/mol. The van der Waals surface area contributed by atoms with Crippen LogP contribution in [0.3, 0.4) is 0 Å². The van der Waals surface area contributed by atoms with E-state index in [0.29, 0.717) is 0 Å². The van der Waals surface area contributed by atoms with Crippen molar-refractivity contribution >= 4 is 0 Å². The molecular weight excluding hydrogens is 200 g/mol. The van der Waals surface area contributed by atoms with Gasteiger partial charge in [-0.3, -0.25) is 4.90 Å². The smallest absolute Gasteiger partial charge is 0.0593 e. The summed E-state index contributed by atoms with van der Waals surface area (Å²) in [6.07, 6.45) is 6.36. The first-order valence-corrected chi connectivity index (χ1v) is 6.79. The summed E-state index contributed by atoms with van der Waals surface area (Å²) in [6.45, 7) is 9.03. The molecule has 0 saturated heterocycles. The molecular formula is C13H28N2O. The number of likely N-dealkylation sites (N-methyl/N-ethyl adjacent to an activating group) is 1. The molecule has 1 aliphatic carbocycles. The van der Waals surface area contributed by atoms with E-state index in [-0.39, 0.29) is 5.54 Å². The molecule has 2 N–H and O–H groups in total. The van der Waals surface area contributed by atoms with Crippen LogP contribution in [0.5, 0.6) is 0 Å². The minimum atomic E-state index is 0.0699. The van der Waals surface area contributed by atoms with E-state index >= 15 is 0 Å². The van der Waals surface area contributed by atoms with Crippen LogP contribution >= 0.6 is 0 Å². The lowest BCUT2D eigenvalue weighted by molar-refractivity contribution is 0.0984. The predicted octanol–water partition coefficient (Wildman–Crippen LogP) is 2.01. The van der Waals surface area contributed by atoms with Crippen molar-refractivity contribution in [2.75, 3.05) is 32.8 Å². The molecule has 0 aromatic rings. The van der Waals surface area contributed by atoms with Crippen molar-refractivity contribution in [3.05, 3.63) is 0 Å². The Morgan fingerprint density at radius 2 is 1.88 bits per heavy atom. The van der Waals surface area contributed by atoms with E-state index in [1.165, 1.54) is 32.1 Å². The molecule has 16 heavy (non-hydrogen) atoms. The minimum Gasteiger partial charge on any atom is -0.380 e. The summed E-state index contributed by atoms with van der Waals surface area (Å²) in [4.78, 5) is 2.43. The molecule has 3 heteroatoms. The third kappa shape index (κ3) is 4.81. The zero-order valence-electron chi connectivity index (χ0n) is 11.0. The van der Waals surface area contributed by atoms with E-state index < -0.39 is 0 Å². The van der Waals surface area contributed by atoms with Crippen molar-refractivity contribution in [3.8, 4) is 0 Å². The lowest BCUT2D eigenvalue weighted by Gasteiger charge is -2.37. The Bertz CT molecular complexity index is 179. The van der Waals surface area contributed by atoms with E-state index in [1.54, 1.807) is 0 Å². The van der Waals surface area contributed by atoms with Gasteiger partial charge in [0.15, 0.2) is 0 Å². The summed E-state index contributed by atoms with van der Waals surface area (Å²) >= 11 is 0. The van der Waals surface area contributed by atoms with E-state index in [9.17, 15) is 0 Å². The molecule has 96 valence electrons. The maximum atomic E-state index is 6.46. The highest BCUT2D eigenvalue weighted by atomic mass is 16.5. The molecule has 0 atom stereocenters. The van der Waals surface area contributed by atoms with Crippen LogP contribution in [0.4, 0.5) is 0 Å². The topological polar surface area (TPSA) is 38.5 Å². The summed E-state index contributed by atoms with van der Waals surface area (Å²) < 4.78 is 5.41. The third-order valence-corrected chi connectivity index (χ3v) is 3.59. The molecule has 0 heterocycles. The van der Waals surface area contributed by atoms with Gasteiger partial charge in [-0.2, -0.15) is 0 Å². The number of hydrogen-bond donors (Lipinski definition) is 1. The van der Waals surface area contributed by atoms with Gasteiger partial charge in [-0.05, 0) is 26.3 Å². The Morgan fingerprint density at radius 3 is 2.44 bits per heavy atom. The fourth-order valence-electron chi connectivity index (χ4n) is 2.55. The molecule has 0 amide bonds. The third-order valence-electron chi connectivity index (χ3n) is 3.59. The van der Waals surface area contributed by atoms with Crippen LogP contribution in [0.2, 0.25) is 0 Å². The standard InChI is InChI=1S/C13H28N2O/c1-3-15(10-11-16-4-2)12-13(14)8-6-5-7-9-13/h3-12,14H2,1-2H3. The molecule has 1 fully saturated rings. The van der Waals surface area contributed by atoms with E-state index in [2.05, 4.69) is 11.8 Å². The molecule has 0 unspecified atom stereocenters. The van der Waals surface area contributed by atoms with Crippen molar-refractivity contribution < 1.29 is 4.74 Å². The first-order chi connectivity index (χ1) is 7.70. The van der Waals surface area contributed by atoms with Crippen LogP contribution in [-0.2, 0) is 4.74 Å². The molecule has 1 saturated carbocycles. The van der Waals surface area contributed by atoms with Crippen molar-refractivity contribution in [2.45, 2.75) is 51.5 Å². The van der Waals surface area contributed by atoms with Crippen LogP contribution in [0.25, 0.3) is 0 Å². The molecule has 0 bridgehead atoms. The number of hydrogen-bond acceptors (Lipinski definition) is 3. The summed E-state index contributed by atoms with van der Waals surface area (Å²) in [5.74, 6) is 0. The molecule has 0 radical (unpaired) electrons. The van der Waals surface area contributed by atoms with Crippen LogP contribution in [0, 0.1) is 0 Å². The molecule has 3 nitrogen and oxygen atoms in total. The van der Waals surface area contributed by atoms with Crippen molar-refractivity contribution in [2.24, 2.45) is 5.73 Å². The molecule has 0 aromatic heterocycles. The van der Waals surface area contributed by atoms with Gasteiger partial charge in [-0.25, -0.2) is 0 Å². The number of rotatable bonds is 7. The zero-order chi connectivity index (χ0) is 11.9. The van der Waals surface area contributed by atoms with Crippen molar-refractivity contribution in [1.29, 1.82) is 0 Å². The van der Waals surface area contributed by atoms with Gasteiger partial charge in [0, 0.05) is 25.2 Å². The normalized spacial score (nSPS) is 20.2. The fourth-order valence-corrected chi connectivity index (χ4v) is 2.55. The Kier molecular flexibility index (Phi) is 6.32. The maximum Gasteiger partial charge on any atom is 0.0593 e. The predicted molar refractivity (Wildman–Crippen MR) is 68.6 cm³/mol. The van der Waals surface area contributed by atoms with Gasteiger partial charge in [-0.1, -0.05) is 26.2 Å². The second-order valence-electron chi connectivity index (χ2n) is 4.99. The van der Waals surface area contributed by atoms with Crippen LogP contribution < -0.4 is 5.73 Å². The second kappa shape index (κ2) is 7.25. The molecule has 1 aliphatic rings. The second-order valence-corrected chi connectivity index (χ2v) is 4.99. The lowest BCUT2D eigenvalue weighted by Crippen LogP contribution is -2.51. The van der Waals surface area contributed by atoms with Gasteiger partial charge in [-0.15, -0.1) is 0 Å². The number of nitrogens with zero attached hydrogens (tertiary/aromatic N) is 1. The Balaban J connectivity index is 2.29. The van der Waals surface area contributed by atoms with Crippen LogP contribution in [0.1, 0.15) is 46.0 Å². The molecule has 1 rings (SSSR count). The van der Waals surface area contributed by atoms with Gasteiger partial charge in [0.2, 0.25) is 0 Å². The van der Waals surface area contributed by atoms with Gasteiger partial charge >= 0.3 is 0 Å². The average Bonchev–Trinajstić information content (AvgIpc) is 2.29. The average molecular weight is 228 g/mol. The molecule has 0 aromatic carbocycles. The fraction of sp³-hybridized carbons (Fsp3) is 1.00. The SMILES string of the molecule is CCOCCN(CC)CC1(N)CCCCC1. The van der Waals surface area contributed by atoms with E-state index in [4.69, 9.17) is 10.5 Å². The van der Waals surface area contributed by atoms with E-state index in [1.807, 2.05) is 6.92 Å². The summed E-state index contributed by atoms with van der Waals surface area (Å²) in [5.41, 5.74) is 6.53. The highest BCUT2D eigenvalue weighted by molar-refractivity contribution is 4.90. The highest BCUT2D eigenvalue weighted by Gasteiger charge is 2.28. The van der Waals surface area contributed by atoms with E-state index in [0.717, 1.165) is 32.8 Å². The maximum absolute atomic E-state index is 6.46. The van der Waals surface area contributed by atoms with Crippen LogP contribution in [0.15, 0.2) is 0 Å². The lowest BCUT2D eigenvalue weighted by atomic mass is 9.82. The Labute approximate surface area is 100 Å². The Morgan fingerprint density at radius 1 is 1.19 bits per heavy atom. The largest absolute Gasteiger partial charge is 0.380 e. The van der Waals surface area contributed by atoms with Gasteiger partial charge in [0.05, 0.1) is 6.61 Å². The molecule has 0 aliphatic heterocycles. The Hall–Kier alpha value is -0.120. The van der Waals surface area contributed by atoms with Gasteiger partial charge < -0.3 is 10.5 Å². The van der Waals surface area contributed by atoms with Crippen molar-refractivity contribution in [1.82, 2.24) is 4.90 Å². The molecule has 0 spiro atoms. The van der Waals surface area contributed by atoms with Crippen molar-refractivity contribution in [3.63, 3.8) is 0 Å². The zero-order valence-corrected chi connectivity index (χ0v) is 11.0. The van der Waals surface area contributed by atoms with Gasteiger partial charge in [0.25, 0.3) is 0 Å². The number of nitrogens with two attached hydrogens (primary N) is 1. The highest BCUT2D eigenvalue weighted by Crippen LogP contribution is 2.26. The van der Waals surface area contributed by atoms with Crippen LogP contribution in [-0.4, -0.2) is 43.3 Å². The summed E-state index contributed by atoms with van der Waals surface area (Å²) in [5, 5.41) is 0. The van der Waals surface area contributed by atoms with Gasteiger partial charge in [0.1, 0.15) is 0 Å². The first-order valence-electron chi connectivity index (χ1n) is 6.79. The quantitative estimate of drug-likeness (QED) is 0.677.